The van der Waals surface area contributed by atoms with Crippen molar-refractivity contribution in [3.8, 4) is 90.3 Å². The van der Waals surface area contributed by atoms with Crippen LogP contribution >= 0.6 is 0 Å². The van der Waals surface area contributed by atoms with Crippen molar-refractivity contribution in [2.24, 2.45) is 0 Å². The molecule has 0 saturated heterocycles. The molecule has 8 aromatic heterocycles. The first-order valence-corrected chi connectivity index (χ1v) is 35.9. The zero-order chi connectivity index (χ0) is 71.9. The van der Waals surface area contributed by atoms with Gasteiger partial charge in [0.25, 0.3) is 0 Å². The Kier molecular flexibility index (Phi) is 29.4. The number of hydrogen-bond donors (Lipinski definition) is 0. The smallest absolute Gasteiger partial charge is 0.131 e. The third-order valence-corrected chi connectivity index (χ3v) is 18.4. The Morgan fingerprint density at radius 2 is 0.600 bits per heavy atom. The number of pyridine rings is 6. The van der Waals surface area contributed by atoms with E-state index in [4.69, 9.17) is 0 Å². The minimum atomic E-state index is -0.104. The van der Waals surface area contributed by atoms with Crippen molar-refractivity contribution in [3.05, 3.63) is 324 Å². The monoisotopic (exact) mass is 1740 g/mol. The molecule has 0 fully saturated rings. The fourth-order valence-corrected chi connectivity index (χ4v) is 13.3. The van der Waals surface area contributed by atoms with E-state index in [1.165, 1.54) is 118 Å². The van der Waals surface area contributed by atoms with Gasteiger partial charge in [0.2, 0.25) is 0 Å². The van der Waals surface area contributed by atoms with Gasteiger partial charge in [-0.25, -0.2) is 9.36 Å². The van der Waals surface area contributed by atoms with Crippen molar-refractivity contribution in [3.63, 3.8) is 0 Å². The number of rotatable bonds is 18. The molecule has 0 aliphatic heterocycles. The summed E-state index contributed by atoms with van der Waals surface area (Å²) in [6.07, 6.45) is 26.8. The van der Waals surface area contributed by atoms with Gasteiger partial charge in [0.15, 0.2) is 0 Å². The van der Waals surface area contributed by atoms with E-state index >= 15 is 0 Å². The van der Waals surface area contributed by atoms with Gasteiger partial charge in [-0.1, -0.05) is 204 Å². The van der Waals surface area contributed by atoms with Crippen molar-refractivity contribution in [1.82, 2.24) is 59.9 Å². The normalized spacial score (nSPS) is 11.3. The van der Waals surface area contributed by atoms with Crippen LogP contribution in [-0.4, -0.2) is 59.9 Å². The predicted molar refractivity (Wildman–Crippen MR) is 418 cm³/mol. The van der Waals surface area contributed by atoms with Crippen LogP contribution in [-0.2, 0) is 45.6 Å². The minimum Gasteiger partial charge on any atom is -0.305 e. The summed E-state index contributed by atoms with van der Waals surface area (Å²) < 4.78 is 3.79. The van der Waals surface area contributed by atoms with Crippen molar-refractivity contribution < 1.29 is 40.2 Å². The second kappa shape index (κ2) is 39.1. The first-order chi connectivity index (χ1) is 50.3. The summed E-state index contributed by atoms with van der Waals surface area (Å²) in [6.45, 7) is 21.2. The molecule has 2 radical (unpaired) electrons. The second-order valence-electron chi connectivity index (χ2n) is 26.5. The van der Waals surface area contributed by atoms with Gasteiger partial charge in [0.1, 0.15) is 11.4 Å². The molecule has 0 spiro atoms. The standard InChI is InChI=1S/C39H42N8.4C13H12N.2Ir/c1-3-5-7-11-21-39(22-12-8-6-4-2)33-25-29(46-27-37(42-44-46)35-15-9-13-23-40-35)17-19-31(33)32-20-18-30(26-34(32)39)47-28-38(43-45-47)36-16-10-14-24-41-36;4*1-10-6-7-12(11(2)9-10)13-5-3-4-8-14-13;;/h9-10,13-20,23-28H,3-8,11-12,21-22H2,1-2H3;4*3-6,8-9H,1-2H3;;/q;4*-1;;. The van der Waals surface area contributed by atoms with Gasteiger partial charge >= 0.3 is 0 Å². The molecule has 1 aliphatic carbocycles. The average molecular weight is 1740 g/mol. The molecule has 105 heavy (non-hydrogen) atoms. The zero-order valence-electron chi connectivity index (χ0n) is 61.7. The van der Waals surface area contributed by atoms with Crippen LogP contribution in [0.1, 0.15) is 134 Å². The van der Waals surface area contributed by atoms with E-state index in [9.17, 15) is 0 Å². The first kappa shape index (κ1) is 78.9. The molecule has 14 aromatic rings. The van der Waals surface area contributed by atoms with E-state index in [1.54, 1.807) is 12.4 Å². The van der Waals surface area contributed by atoms with E-state index in [-0.39, 0.29) is 45.6 Å². The summed E-state index contributed by atoms with van der Waals surface area (Å²) in [6, 6.07) is 78.8. The molecular weight excluding hydrogens is 1650 g/mol. The van der Waals surface area contributed by atoms with Crippen LogP contribution in [0, 0.1) is 79.7 Å². The van der Waals surface area contributed by atoms with Crippen molar-refractivity contribution in [2.75, 3.05) is 0 Å². The van der Waals surface area contributed by atoms with Crippen LogP contribution in [0.3, 0.4) is 0 Å². The topological polar surface area (TPSA) is 139 Å². The van der Waals surface area contributed by atoms with Gasteiger partial charge in [0, 0.05) is 82.8 Å². The van der Waals surface area contributed by atoms with Crippen LogP contribution in [0.25, 0.3) is 90.3 Å². The number of unbranched alkanes of at least 4 members (excludes halogenated alkanes) is 6. The van der Waals surface area contributed by atoms with E-state index in [1.807, 2.05) is 180 Å². The quantitative estimate of drug-likeness (QED) is 0.0603. The Morgan fingerprint density at radius 1 is 0.314 bits per heavy atom. The Morgan fingerprint density at radius 3 is 0.857 bits per heavy atom. The number of benzene rings is 6. The summed E-state index contributed by atoms with van der Waals surface area (Å²) >= 11 is 0. The van der Waals surface area contributed by atoms with E-state index < -0.39 is 0 Å². The molecule has 0 N–H and O–H groups in total. The molecule has 0 saturated carbocycles. The molecule has 6 aromatic carbocycles. The molecule has 1 aliphatic rings. The van der Waals surface area contributed by atoms with Crippen LogP contribution < -0.4 is 0 Å². The molecule has 536 valence electrons. The number of aromatic nitrogens is 12. The number of hydrogen-bond acceptors (Lipinski definition) is 10. The number of nitrogens with zero attached hydrogens (tertiary/aromatic N) is 12. The zero-order valence-corrected chi connectivity index (χ0v) is 66.5. The molecule has 0 amide bonds. The molecular formula is C91H90Ir2N12-4. The van der Waals surface area contributed by atoms with Gasteiger partial charge in [-0.05, 0) is 131 Å². The maximum atomic E-state index is 4.54. The largest absolute Gasteiger partial charge is 0.305 e. The third kappa shape index (κ3) is 20.6. The first-order valence-electron chi connectivity index (χ1n) is 35.9. The summed E-state index contributed by atoms with van der Waals surface area (Å²) in [7, 11) is 0. The fourth-order valence-electron chi connectivity index (χ4n) is 13.3. The molecule has 14 heteroatoms. The Balaban J connectivity index is 0.000000178. The number of fused-ring (bicyclic) bond motifs is 3. The van der Waals surface area contributed by atoms with Gasteiger partial charge in [-0.15, -0.1) is 150 Å². The molecule has 0 atom stereocenters. The predicted octanol–water partition coefficient (Wildman–Crippen LogP) is 21.8. The Bertz CT molecular complexity index is 4500. The summed E-state index contributed by atoms with van der Waals surface area (Å²) in [4.78, 5) is 26.2. The van der Waals surface area contributed by atoms with Crippen molar-refractivity contribution >= 4 is 0 Å². The minimum absolute atomic E-state index is 0. The fraction of sp³-hybridized carbons (Fsp3) is 0.231. The van der Waals surface area contributed by atoms with Gasteiger partial charge in [0.05, 0.1) is 35.2 Å². The molecule has 0 unspecified atom stereocenters. The summed E-state index contributed by atoms with van der Waals surface area (Å²) in [5.41, 5.74) is 28.7. The Hall–Kier alpha value is -10.2. The van der Waals surface area contributed by atoms with Crippen molar-refractivity contribution in [2.45, 2.75) is 139 Å². The van der Waals surface area contributed by atoms with Crippen LogP contribution in [0.2, 0.25) is 0 Å². The average Bonchev–Trinajstić information content (AvgIpc) is 1.56. The van der Waals surface area contributed by atoms with Crippen LogP contribution in [0.15, 0.2) is 244 Å². The van der Waals surface area contributed by atoms with E-state index in [2.05, 4.69) is 205 Å². The van der Waals surface area contributed by atoms with Crippen LogP contribution in [0.4, 0.5) is 0 Å². The molecule has 12 nitrogen and oxygen atoms in total. The Labute approximate surface area is 648 Å². The second-order valence-corrected chi connectivity index (χ2v) is 26.5. The van der Waals surface area contributed by atoms with Crippen LogP contribution in [0.5, 0.6) is 0 Å². The van der Waals surface area contributed by atoms with Gasteiger partial charge in [-0.3, -0.25) is 9.97 Å². The van der Waals surface area contributed by atoms with Crippen molar-refractivity contribution in [1.29, 1.82) is 0 Å². The summed E-state index contributed by atoms with van der Waals surface area (Å²) in [5.74, 6) is 0. The van der Waals surface area contributed by atoms with Gasteiger partial charge in [-0.2, -0.15) is 0 Å². The number of aryl methyl sites for hydroxylation is 8. The SMILES string of the molecule is CCCCCCC1(CCCCCC)c2cc(-n3cc(-c4ccccn4)nn3)ccc2-c2ccc(-n3cc(-c4ccccn4)nn3)cc21.Cc1c[c-]c(-c2ccccn2)c(C)c1.Cc1c[c-]c(-c2ccccn2)c(C)c1.Cc1c[c-]c(-c2ccccn2)c(C)c1.Cc1c[c-]c(-c2ccccn2)c(C)c1.[Ir].[Ir]. The molecule has 8 heterocycles. The maximum Gasteiger partial charge on any atom is 0.131 e. The van der Waals surface area contributed by atoms with E-state index in [0.717, 1.165) is 92.0 Å². The summed E-state index contributed by atoms with van der Waals surface area (Å²) in [5, 5.41) is 18.0. The molecule has 15 rings (SSSR count). The van der Waals surface area contributed by atoms with E-state index in [0.29, 0.717) is 0 Å². The third-order valence-electron chi connectivity index (χ3n) is 18.4. The maximum absolute atomic E-state index is 4.54. The van der Waals surface area contributed by atoms with Gasteiger partial charge < -0.3 is 19.9 Å². The molecule has 0 bridgehead atoms.